The third-order valence-electron chi connectivity index (χ3n) is 5.57. The summed E-state index contributed by atoms with van der Waals surface area (Å²) in [6.07, 6.45) is 0.138. The van der Waals surface area contributed by atoms with Gasteiger partial charge < -0.3 is 14.0 Å². The molecule has 0 saturated carbocycles. The third kappa shape index (κ3) is 2.72. The maximum Gasteiger partial charge on any atom is 0.329 e. The summed E-state index contributed by atoms with van der Waals surface area (Å²) in [6, 6.07) is 19.2. The number of hydrogen-bond donors (Lipinski definition) is 0. The Labute approximate surface area is 169 Å². The van der Waals surface area contributed by atoms with Gasteiger partial charge in [0, 0.05) is 23.2 Å². The number of carbonyl (C=O) groups is 2. The summed E-state index contributed by atoms with van der Waals surface area (Å²) in [5.41, 5.74) is -0.0658. The number of methoxy groups -OCH3 is 2. The van der Waals surface area contributed by atoms with Crippen LogP contribution in [0.4, 0.5) is 0 Å². The molecule has 1 aliphatic heterocycles. The Balaban J connectivity index is 2.00. The summed E-state index contributed by atoms with van der Waals surface area (Å²) in [6.45, 7) is 1.94. The first-order valence-corrected chi connectivity index (χ1v) is 9.33. The van der Waals surface area contributed by atoms with E-state index in [0.29, 0.717) is 5.69 Å². The highest BCUT2D eigenvalue weighted by Crippen LogP contribution is 2.49. The van der Waals surface area contributed by atoms with Crippen LogP contribution in [0.25, 0.3) is 10.9 Å². The molecule has 5 nitrogen and oxygen atoms in total. The van der Waals surface area contributed by atoms with Crippen molar-refractivity contribution in [2.24, 2.45) is 0 Å². The first-order valence-electron chi connectivity index (χ1n) is 9.33. The van der Waals surface area contributed by atoms with E-state index < -0.39 is 22.9 Å². The zero-order valence-electron chi connectivity index (χ0n) is 16.6. The van der Waals surface area contributed by atoms with Gasteiger partial charge >= 0.3 is 11.9 Å². The molecule has 1 aliphatic rings. The molecular formula is C24H21NO4. The first kappa shape index (κ1) is 18.8. The van der Waals surface area contributed by atoms with Crippen molar-refractivity contribution in [1.82, 2.24) is 4.57 Å². The number of fused-ring (bicyclic) bond motifs is 3. The topological polar surface area (TPSA) is 57.5 Å². The Morgan fingerprint density at radius 2 is 1.59 bits per heavy atom. The maximum absolute atomic E-state index is 13.0. The molecule has 29 heavy (non-hydrogen) atoms. The number of aromatic nitrogens is 1. The van der Waals surface area contributed by atoms with Gasteiger partial charge in [-0.1, -0.05) is 48.2 Å². The lowest BCUT2D eigenvalue weighted by Gasteiger charge is -2.25. The number of para-hydroxylation sites is 1. The summed E-state index contributed by atoms with van der Waals surface area (Å²) in [7, 11) is 2.57. The van der Waals surface area contributed by atoms with Crippen LogP contribution >= 0.6 is 0 Å². The molecule has 0 bridgehead atoms. The molecule has 2 heterocycles. The lowest BCUT2D eigenvalue weighted by atomic mass is 9.78. The van der Waals surface area contributed by atoms with Crippen LogP contribution in [-0.4, -0.2) is 30.7 Å². The Kier molecular flexibility index (Phi) is 4.43. The Bertz CT molecular complexity index is 1150. The second kappa shape index (κ2) is 6.82. The standard InChI is InChI=1S/C24H21NO4/c1-23(14-13-17-9-5-4-6-10-17)16-24(21(26)28-2,22(27)29-3)20-15-18-11-7-8-12-19(18)25(20)23/h4-12,15H,16H2,1-3H3/t23-/m0/s1. The van der Waals surface area contributed by atoms with Crippen molar-refractivity contribution in [3.05, 3.63) is 71.9 Å². The van der Waals surface area contributed by atoms with E-state index in [-0.39, 0.29) is 6.42 Å². The SMILES string of the molecule is COC(=O)C1(C(=O)OC)C[C@](C)(C#Cc2ccccc2)n2c1cc1ccccc12. The van der Waals surface area contributed by atoms with Crippen LogP contribution in [-0.2, 0) is 30.0 Å². The van der Waals surface area contributed by atoms with Crippen LogP contribution in [0, 0.1) is 11.8 Å². The molecule has 0 radical (unpaired) electrons. The molecular weight excluding hydrogens is 366 g/mol. The van der Waals surface area contributed by atoms with E-state index in [1.54, 1.807) is 0 Å². The van der Waals surface area contributed by atoms with Crippen LogP contribution in [0.5, 0.6) is 0 Å². The van der Waals surface area contributed by atoms with Crippen molar-refractivity contribution in [1.29, 1.82) is 0 Å². The minimum absolute atomic E-state index is 0.138. The molecule has 4 rings (SSSR count). The van der Waals surface area contributed by atoms with E-state index in [1.165, 1.54) is 14.2 Å². The normalized spacial score (nSPS) is 19.1. The minimum atomic E-state index is -1.57. The van der Waals surface area contributed by atoms with Crippen LogP contribution in [0.3, 0.4) is 0 Å². The second-order valence-corrected chi connectivity index (χ2v) is 7.38. The van der Waals surface area contributed by atoms with Crippen LogP contribution < -0.4 is 0 Å². The zero-order chi connectivity index (χ0) is 20.6. The number of benzene rings is 2. The van der Waals surface area contributed by atoms with Crippen molar-refractivity contribution in [3.63, 3.8) is 0 Å². The molecule has 0 fully saturated rings. The number of carbonyl (C=O) groups excluding carboxylic acids is 2. The molecule has 3 aromatic rings. The molecule has 1 atom stereocenters. The number of nitrogens with zero attached hydrogens (tertiary/aromatic N) is 1. The highest BCUT2D eigenvalue weighted by Gasteiger charge is 2.61. The first-order chi connectivity index (χ1) is 14.0. The zero-order valence-corrected chi connectivity index (χ0v) is 16.6. The smallest absolute Gasteiger partial charge is 0.329 e. The highest BCUT2D eigenvalue weighted by atomic mass is 16.5. The molecule has 1 aromatic heterocycles. The largest absolute Gasteiger partial charge is 0.468 e. The van der Waals surface area contributed by atoms with E-state index in [9.17, 15) is 9.59 Å². The number of hydrogen-bond acceptors (Lipinski definition) is 4. The molecule has 0 amide bonds. The molecule has 0 aliphatic carbocycles. The summed E-state index contributed by atoms with van der Waals surface area (Å²) in [4.78, 5) is 25.9. The second-order valence-electron chi connectivity index (χ2n) is 7.38. The minimum Gasteiger partial charge on any atom is -0.468 e. The molecule has 5 heteroatoms. The summed E-state index contributed by atoms with van der Waals surface area (Å²) < 4.78 is 12.1. The maximum atomic E-state index is 13.0. The predicted octanol–water partition coefficient (Wildman–Crippen LogP) is 3.40. The monoisotopic (exact) mass is 387 g/mol. The number of ether oxygens (including phenoxy) is 2. The van der Waals surface area contributed by atoms with Crippen molar-refractivity contribution in [2.75, 3.05) is 14.2 Å². The lowest BCUT2D eigenvalue weighted by molar-refractivity contribution is -0.162. The van der Waals surface area contributed by atoms with Crippen LogP contribution in [0.1, 0.15) is 24.6 Å². The van der Waals surface area contributed by atoms with Gasteiger partial charge in [0.15, 0.2) is 0 Å². The van der Waals surface area contributed by atoms with E-state index in [4.69, 9.17) is 9.47 Å². The molecule has 0 N–H and O–H groups in total. The van der Waals surface area contributed by atoms with Crippen LogP contribution in [0.15, 0.2) is 60.7 Å². The average Bonchev–Trinajstić information content (AvgIpc) is 3.27. The van der Waals surface area contributed by atoms with Crippen LogP contribution in [0.2, 0.25) is 0 Å². The van der Waals surface area contributed by atoms with Gasteiger partial charge in [0.05, 0.1) is 14.2 Å². The average molecular weight is 387 g/mol. The van der Waals surface area contributed by atoms with Crippen molar-refractivity contribution in [3.8, 4) is 11.8 Å². The van der Waals surface area contributed by atoms with E-state index >= 15 is 0 Å². The summed E-state index contributed by atoms with van der Waals surface area (Å²) in [5, 5.41) is 0.923. The quantitative estimate of drug-likeness (QED) is 0.384. The van der Waals surface area contributed by atoms with Gasteiger partial charge in [-0.15, -0.1) is 0 Å². The number of rotatable bonds is 2. The molecule has 0 unspecified atom stereocenters. The van der Waals surface area contributed by atoms with E-state index in [1.807, 2.05) is 72.2 Å². The predicted molar refractivity (Wildman–Crippen MR) is 109 cm³/mol. The van der Waals surface area contributed by atoms with E-state index in [0.717, 1.165) is 16.5 Å². The van der Waals surface area contributed by atoms with Gasteiger partial charge in [-0.25, -0.2) is 0 Å². The lowest BCUT2D eigenvalue weighted by Crippen LogP contribution is -2.44. The van der Waals surface area contributed by atoms with E-state index in [2.05, 4.69) is 11.8 Å². The third-order valence-corrected chi connectivity index (χ3v) is 5.57. The van der Waals surface area contributed by atoms with Gasteiger partial charge in [-0.3, -0.25) is 9.59 Å². The number of esters is 2. The Hall–Kier alpha value is -3.52. The van der Waals surface area contributed by atoms with Gasteiger partial charge in [0.25, 0.3) is 0 Å². The van der Waals surface area contributed by atoms with Crippen molar-refractivity contribution < 1.29 is 19.1 Å². The molecule has 0 spiro atoms. The van der Waals surface area contributed by atoms with Crippen molar-refractivity contribution >= 4 is 22.8 Å². The highest BCUT2D eigenvalue weighted by molar-refractivity contribution is 6.08. The summed E-state index contributed by atoms with van der Waals surface area (Å²) in [5.74, 6) is 5.24. The summed E-state index contributed by atoms with van der Waals surface area (Å²) >= 11 is 0. The fourth-order valence-corrected chi connectivity index (χ4v) is 4.30. The Morgan fingerprint density at radius 3 is 2.24 bits per heavy atom. The van der Waals surface area contributed by atoms with Gasteiger partial charge in [-0.2, -0.15) is 0 Å². The van der Waals surface area contributed by atoms with Gasteiger partial charge in [-0.05, 0) is 36.6 Å². The van der Waals surface area contributed by atoms with Gasteiger partial charge in [0.2, 0.25) is 5.41 Å². The van der Waals surface area contributed by atoms with Gasteiger partial charge in [0.1, 0.15) is 5.54 Å². The molecule has 0 saturated heterocycles. The Morgan fingerprint density at radius 1 is 0.966 bits per heavy atom. The molecule has 146 valence electrons. The fourth-order valence-electron chi connectivity index (χ4n) is 4.30. The fraction of sp³-hybridized carbons (Fsp3) is 0.250. The molecule has 2 aromatic carbocycles. The van der Waals surface area contributed by atoms with Crippen molar-refractivity contribution in [2.45, 2.75) is 24.3 Å².